The van der Waals surface area contributed by atoms with Gasteiger partial charge in [-0.25, -0.2) is 4.79 Å². The van der Waals surface area contributed by atoms with Crippen LogP contribution in [0.4, 0.5) is 4.79 Å². The van der Waals surface area contributed by atoms with E-state index >= 15 is 0 Å². The highest BCUT2D eigenvalue weighted by atomic mass is 16.4. The van der Waals surface area contributed by atoms with Crippen LogP contribution in [-0.2, 0) is 4.79 Å². The van der Waals surface area contributed by atoms with E-state index in [9.17, 15) is 14.7 Å². The third-order valence-corrected chi connectivity index (χ3v) is 4.64. The van der Waals surface area contributed by atoms with Crippen molar-refractivity contribution in [2.75, 3.05) is 19.7 Å². The number of aliphatic hydroxyl groups excluding tert-OH is 1. The summed E-state index contributed by atoms with van der Waals surface area (Å²) in [5, 5.41) is 18.2. The smallest absolute Gasteiger partial charge is 0.320 e. The standard InChI is InChI=1S/C15H26N2O4/c18-10-9-17(12-5-2-1-3-6-12)15(21)16-8-4-7-13(16)11-14(19)20/h12-13,18H,1-11H2,(H,19,20). The third kappa shape index (κ3) is 4.09. The number of carboxylic acid groups (broad SMARTS) is 1. The first-order valence-corrected chi connectivity index (χ1v) is 8.03. The number of amides is 2. The fourth-order valence-electron chi connectivity index (χ4n) is 3.60. The Morgan fingerprint density at radius 2 is 1.81 bits per heavy atom. The van der Waals surface area contributed by atoms with E-state index in [0.29, 0.717) is 13.1 Å². The minimum atomic E-state index is -0.855. The predicted molar refractivity (Wildman–Crippen MR) is 78.0 cm³/mol. The largest absolute Gasteiger partial charge is 0.481 e. The van der Waals surface area contributed by atoms with Crippen LogP contribution in [0.2, 0.25) is 0 Å². The molecule has 1 unspecified atom stereocenters. The zero-order chi connectivity index (χ0) is 15.2. The molecule has 0 spiro atoms. The van der Waals surface area contributed by atoms with Crippen LogP contribution in [0.15, 0.2) is 0 Å². The molecule has 1 aliphatic heterocycles. The van der Waals surface area contributed by atoms with Crippen molar-refractivity contribution in [3.63, 3.8) is 0 Å². The van der Waals surface area contributed by atoms with Gasteiger partial charge in [-0.2, -0.15) is 0 Å². The van der Waals surface area contributed by atoms with Gasteiger partial charge in [0.2, 0.25) is 0 Å². The summed E-state index contributed by atoms with van der Waals surface area (Å²) in [6.07, 6.45) is 7.08. The van der Waals surface area contributed by atoms with Gasteiger partial charge in [0.1, 0.15) is 0 Å². The normalized spacial score (nSPS) is 23.3. The SMILES string of the molecule is O=C(O)CC1CCCN1C(=O)N(CCO)C1CCCCC1. The summed E-state index contributed by atoms with van der Waals surface area (Å²) in [5.74, 6) is -0.855. The number of carbonyl (C=O) groups is 2. The zero-order valence-electron chi connectivity index (χ0n) is 12.5. The number of likely N-dealkylation sites (tertiary alicyclic amines) is 1. The van der Waals surface area contributed by atoms with E-state index in [2.05, 4.69) is 0 Å². The number of urea groups is 1. The molecule has 1 saturated heterocycles. The van der Waals surface area contributed by atoms with Crippen molar-refractivity contribution in [2.45, 2.75) is 63.5 Å². The van der Waals surface area contributed by atoms with E-state index in [4.69, 9.17) is 5.11 Å². The second-order valence-corrected chi connectivity index (χ2v) is 6.08. The van der Waals surface area contributed by atoms with E-state index in [0.717, 1.165) is 38.5 Å². The van der Waals surface area contributed by atoms with Crippen molar-refractivity contribution in [2.24, 2.45) is 0 Å². The van der Waals surface area contributed by atoms with Crippen LogP contribution < -0.4 is 0 Å². The Hall–Kier alpha value is -1.30. The lowest BCUT2D eigenvalue weighted by Crippen LogP contribution is -2.51. The van der Waals surface area contributed by atoms with Gasteiger partial charge in [0.25, 0.3) is 0 Å². The second kappa shape index (κ2) is 7.64. The number of nitrogens with zero attached hydrogens (tertiary/aromatic N) is 2. The summed E-state index contributed by atoms with van der Waals surface area (Å²) in [6.45, 7) is 0.935. The maximum atomic E-state index is 12.8. The van der Waals surface area contributed by atoms with Gasteiger partial charge in [-0.15, -0.1) is 0 Å². The Morgan fingerprint density at radius 3 is 2.43 bits per heavy atom. The Morgan fingerprint density at radius 1 is 1.10 bits per heavy atom. The maximum Gasteiger partial charge on any atom is 0.320 e. The van der Waals surface area contributed by atoms with Crippen molar-refractivity contribution in [3.05, 3.63) is 0 Å². The number of carboxylic acids is 1. The van der Waals surface area contributed by atoms with Crippen LogP contribution in [-0.4, -0.2) is 63.8 Å². The van der Waals surface area contributed by atoms with Crippen LogP contribution in [0, 0.1) is 0 Å². The van der Waals surface area contributed by atoms with E-state index in [1.165, 1.54) is 6.42 Å². The zero-order valence-corrected chi connectivity index (χ0v) is 12.5. The van der Waals surface area contributed by atoms with Crippen LogP contribution in [0.5, 0.6) is 0 Å². The average molecular weight is 298 g/mol. The molecule has 1 atom stereocenters. The molecule has 1 saturated carbocycles. The highest BCUT2D eigenvalue weighted by Crippen LogP contribution is 2.27. The lowest BCUT2D eigenvalue weighted by atomic mass is 9.94. The van der Waals surface area contributed by atoms with Crippen LogP contribution in [0.25, 0.3) is 0 Å². The van der Waals surface area contributed by atoms with Crippen molar-refractivity contribution >= 4 is 12.0 Å². The topological polar surface area (TPSA) is 81.1 Å². The molecule has 0 aromatic carbocycles. The first kappa shape index (κ1) is 16.1. The highest BCUT2D eigenvalue weighted by molar-refractivity contribution is 5.77. The van der Waals surface area contributed by atoms with Gasteiger partial charge >= 0.3 is 12.0 Å². The predicted octanol–water partition coefficient (Wildman–Crippen LogP) is 1.67. The van der Waals surface area contributed by atoms with Gasteiger partial charge in [0, 0.05) is 25.2 Å². The fourth-order valence-corrected chi connectivity index (χ4v) is 3.60. The molecule has 1 aliphatic carbocycles. The van der Waals surface area contributed by atoms with Gasteiger partial charge in [0.05, 0.1) is 13.0 Å². The Kier molecular flexibility index (Phi) is 5.85. The lowest BCUT2D eigenvalue weighted by Gasteiger charge is -2.38. The average Bonchev–Trinajstić information content (AvgIpc) is 2.92. The molecule has 1 heterocycles. The van der Waals surface area contributed by atoms with Gasteiger partial charge in [0.15, 0.2) is 0 Å². The summed E-state index contributed by atoms with van der Waals surface area (Å²) in [4.78, 5) is 27.2. The Labute approximate surface area is 125 Å². The van der Waals surface area contributed by atoms with Gasteiger partial charge < -0.3 is 20.0 Å². The number of rotatable bonds is 5. The van der Waals surface area contributed by atoms with Crippen LogP contribution in [0.3, 0.4) is 0 Å². The Balaban J connectivity index is 2.04. The summed E-state index contributed by atoms with van der Waals surface area (Å²) < 4.78 is 0. The summed E-state index contributed by atoms with van der Waals surface area (Å²) in [5.41, 5.74) is 0. The van der Waals surface area contributed by atoms with E-state index in [-0.39, 0.29) is 31.1 Å². The maximum absolute atomic E-state index is 12.8. The molecule has 0 radical (unpaired) electrons. The molecule has 0 aromatic rings. The molecule has 21 heavy (non-hydrogen) atoms. The number of hydrogen-bond donors (Lipinski definition) is 2. The summed E-state index contributed by atoms with van der Waals surface area (Å²) in [6, 6.07) is -0.0797. The van der Waals surface area contributed by atoms with Crippen molar-refractivity contribution < 1.29 is 19.8 Å². The molecule has 2 fully saturated rings. The molecule has 6 heteroatoms. The van der Waals surface area contributed by atoms with Crippen molar-refractivity contribution in [3.8, 4) is 0 Å². The Bertz CT molecular complexity index is 369. The molecule has 0 bridgehead atoms. The minimum absolute atomic E-state index is 0.0172. The van der Waals surface area contributed by atoms with Gasteiger partial charge in [-0.3, -0.25) is 4.79 Å². The quantitative estimate of drug-likeness (QED) is 0.809. The molecule has 6 nitrogen and oxygen atoms in total. The molecular weight excluding hydrogens is 272 g/mol. The number of carbonyl (C=O) groups excluding carboxylic acids is 1. The molecular formula is C15H26N2O4. The summed E-state index contributed by atoms with van der Waals surface area (Å²) in [7, 11) is 0. The van der Waals surface area contributed by atoms with Gasteiger partial charge in [-0.05, 0) is 25.7 Å². The summed E-state index contributed by atoms with van der Waals surface area (Å²) >= 11 is 0. The first-order chi connectivity index (χ1) is 10.1. The van der Waals surface area contributed by atoms with E-state index in [1.54, 1.807) is 9.80 Å². The van der Waals surface area contributed by atoms with Crippen molar-refractivity contribution in [1.29, 1.82) is 0 Å². The molecule has 120 valence electrons. The van der Waals surface area contributed by atoms with Gasteiger partial charge in [-0.1, -0.05) is 19.3 Å². The molecule has 2 N–H and O–H groups in total. The van der Waals surface area contributed by atoms with Crippen molar-refractivity contribution in [1.82, 2.24) is 9.80 Å². The highest BCUT2D eigenvalue weighted by Gasteiger charge is 2.35. The molecule has 0 aromatic heterocycles. The number of aliphatic carboxylic acids is 1. The van der Waals surface area contributed by atoms with Crippen LogP contribution in [0.1, 0.15) is 51.4 Å². The lowest BCUT2D eigenvalue weighted by molar-refractivity contribution is -0.138. The number of aliphatic hydroxyl groups is 1. The first-order valence-electron chi connectivity index (χ1n) is 8.03. The van der Waals surface area contributed by atoms with E-state index in [1.807, 2.05) is 0 Å². The second-order valence-electron chi connectivity index (χ2n) is 6.08. The fraction of sp³-hybridized carbons (Fsp3) is 0.867. The molecule has 2 amide bonds. The van der Waals surface area contributed by atoms with E-state index < -0.39 is 5.97 Å². The molecule has 2 rings (SSSR count). The molecule has 2 aliphatic rings. The third-order valence-electron chi connectivity index (χ3n) is 4.64. The number of hydrogen-bond acceptors (Lipinski definition) is 3. The van der Waals surface area contributed by atoms with Crippen LogP contribution >= 0.6 is 0 Å². The minimum Gasteiger partial charge on any atom is -0.481 e. The monoisotopic (exact) mass is 298 g/mol.